The molecule has 0 aliphatic carbocycles. The highest BCUT2D eigenvalue weighted by Crippen LogP contribution is 2.19. The molecule has 2 rings (SSSR count). The number of nitro groups is 1. The summed E-state index contributed by atoms with van der Waals surface area (Å²) in [6.45, 7) is 1.25. The molecule has 0 amide bonds. The number of aromatic nitrogens is 2. The first kappa shape index (κ1) is 13.5. The fourth-order valence-electron chi connectivity index (χ4n) is 2.16. The van der Waals surface area contributed by atoms with Gasteiger partial charge in [-0.05, 0) is 25.7 Å². The van der Waals surface area contributed by atoms with Gasteiger partial charge in [-0.15, -0.1) is 0 Å². The summed E-state index contributed by atoms with van der Waals surface area (Å²) in [6, 6.07) is 0. The van der Waals surface area contributed by atoms with Crippen LogP contribution in [0.4, 0.5) is 5.69 Å². The second kappa shape index (κ2) is 5.79. The number of aromatic carboxylic acids is 1. The molecule has 8 nitrogen and oxygen atoms in total. The van der Waals surface area contributed by atoms with Crippen LogP contribution >= 0.6 is 0 Å². The van der Waals surface area contributed by atoms with Crippen molar-refractivity contribution < 1.29 is 19.6 Å². The average Bonchev–Trinajstić information content (AvgIpc) is 2.97. The Hall–Kier alpha value is -1.96. The van der Waals surface area contributed by atoms with Crippen LogP contribution in [-0.2, 0) is 11.3 Å². The number of carboxylic acid groups (broad SMARTS) is 1. The molecule has 19 heavy (non-hydrogen) atoms. The molecule has 1 aliphatic rings. The third-order valence-electron chi connectivity index (χ3n) is 3.08. The third kappa shape index (κ3) is 3.28. The molecule has 1 aliphatic heterocycles. The standard InChI is InChI=1S/C11H15N3O5/c15-11(16)10-9(14(17)18)7-13(12-10)5-1-3-8-4-2-6-19-8/h7-8H,1-6H2,(H,15,16). The molecule has 1 unspecified atom stereocenters. The van der Waals surface area contributed by atoms with E-state index in [0.29, 0.717) is 6.54 Å². The summed E-state index contributed by atoms with van der Waals surface area (Å²) in [5.41, 5.74) is -0.980. The van der Waals surface area contributed by atoms with Crippen LogP contribution in [0.3, 0.4) is 0 Å². The van der Waals surface area contributed by atoms with Crippen LogP contribution in [0.5, 0.6) is 0 Å². The Labute approximate surface area is 109 Å². The third-order valence-corrected chi connectivity index (χ3v) is 3.08. The fraction of sp³-hybridized carbons (Fsp3) is 0.636. The molecule has 1 N–H and O–H groups in total. The van der Waals surface area contributed by atoms with E-state index in [1.807, 2.05) is 0 Å². The molecule has 2 heterocycles. The van der Waals surface area contributed by atoms with Crippen LogP contribution in [0, 0.1) is 10.1 Å². The molecule has 0 aromatic carbocycles. The van der Waals surface area contributed by atoms with Gasteiger partial charge in [-0.25, -0.2) is 4.79 Å². The Bertz CT molecular complexity index is 447. The van der Waals surface area contributed by atoms with E-state index in [2.05, 4.69) is 5.10 Å². The molecule has 0 spiro atoms. The van der Waals surface area contributed by atoms with E-state index in [-0.39, 0.29) is 6.10 Å². The van der Waals surface area contributed by atoms with Crippen molar-refractivity contribution in [3.05, 3.63) is 22.0 Å². The van der Waals surface area contributed by atoms with Crippen molar-refractivity contribution >= 4 is 11.7 Å². The molecule has 1 aromatic rings. The zero-order chi connectivity index (χ0) is 13.8. The lowest BCUT2D eigenvalue weighted by molar-refractivity contribution is -0.385. The molecule has 8 heteroatoms. The lowest BCUT2D eigenvalue weighted by atomic mass is 10.1. The molecule has 1 fully saturated rings. The van der Waals surface area contributed by atoms with Gasteiger partial charge in [-0.1, -0.05) is 0 Å². The van der Waals surface area contributed by atoms with Crippen molar-refractivity contribution in [3.63, 3.8) is 0 Å². The minimum atomic E-state index is -1.38. The van der Waals surface area contributed by atoms with Gasteiger partial charge in [0.15, 0.2) is 0 Å². The first-order chi connectivity index (χ1) is 9.08. The largest absolute Gasteiger partial charge is 0.476 e. The Balaban J connectivity index is 1.94. The van der Waals surface area contributed by atoms with E-state index in [1.54, 1.807) is 0 Å². The number of ether oxygens (including phenoxy) is 1. The summed E-state index contributed by atoms with van der Waals surface area (Å²) >= 11 is 0. The Morgan fingerprint density at radius 1 is 1.68 bits per heavy atom. The quantitative estimate of drug-likeness (QED) is 0.618. The molecule has 1 atom stereocenters. The molecule has 1 saturated heterocycles. The van der Waals surface area contributed by atoms with E-state index >= 15 is 0 Å². The summed E-state index contributed by atoms with van der Waals surface area (Å²) in [4.78, 5) is 20.8. The van der Waals surface area contributed by atoms with Crippen LogP contribution < -0.4 is 0 Å². The van der Waals surface area contributed by atoms with Crippen LogP contribution in [0.15, 0.2) is 6.20 Å². The van der Waals surface area contributed by atoms with Crippen molar-refractivity contribution in [1.29, 1.82) is 0 Å². The molecule has 104 valence electrons. The fourth-order valence-corrected chi connectivity index (χ4v) is 2.16. The summed E-state index contributed by atoms with van der Waals surface area (Å²) in [5.74, 6) is -1.38. The van der Waals surface area contributed by atoms with Crippen molar-refractivity contribution in [3.8, 4) is 0 Å². The van der Waals surface area contributed by atoms with Gasteiger partial charge in [0.2, 0.25) is 5.69 Å². The maximum absolute atomic E-state index is 10.8. The first-order valence-electron chi connectivity index (χ1n) is 6.14. The Morgan fingerprint density at radius 3 is 3.00 bits per heavy atom. The van der Waals surface area contributed by atoms with Gasteiger partial charge >= 0.3 is 11.7 Å². The number of carboxylic acids is 1. The van der Waals surface area contributed by atoms with Gasteiger partial charge in [0.1, 0.15) is 6.20 Å². The number of rotatable bonds is 6. The smallest absolute Gasteiger partial charge is 0.363 e. The second-order valence-electron chi connectivity index (χ2n) is 4.47. The van der Waals surface area contributed by atoms with E-state index < -0.39 is 22.3 Å². The van der Waals surface area contributed by atoms with E-state index in [9.17, 15) is 14.9 Å². The maximum Gasteiger partial charge on any atom is 0.363 e. The van der Waals surface area contributed by atoms with Crippen LogP contribution in [-0.4, -0.2) is 38.5 Å². The van der Waals surface area contributed by atoms with Crippen molar-refractivity contribution in [2.45, 2.75) is 38.3 Å². The van der Waals surface area contributed by atoms with Gasteiger partial charge in [0.25, 0.3) is 0 Å². The minimum absolute atomic E-state index is 0.254. The van der Waals surface area contributed by atoms with Crippen LogP contribution in [0.1, 0.15) is 36.2 Å². The number of hydrogen-bond donors (Lipinski definition) is 1. The lowest BCUT2D eigenvalue weighted by Crippen LogP contribution is -2.08. The van der Waals surface area contributed by atoms with Gasteiger partial charge in [0, 0.05) is 13.2 Å². The Kier molecular flexibility index (Phi) is 4.10. The van der Waals surface area contributed by atoms with E-state index in [1.165, 1.54) is 10.9 Å². The predicted octanol–water partition coefficient (Wildman–Crippen LogP) is 1.45. The highest BCUT2D eigenvalue weighted by atomic mass is 16.6. The first-order valence-corrected chi connectivity index (χ1v) is 6.14. The van der Waals surface area contributed by atoms with E-state index in [4.69, 9.17) is 9.84 Å². The molecule has 0 saturated carbocycles. The highest BCUT2D eigenvalue weighted by Gasteiger charge is 2.25. The van der Waals surface area contributed by atoms with Crippen molar-refractivity contribution in [1.82, 2.24) is 9.78 Å². The number of aryl methyl sites for hydroxylation is 1. The van der Waals surface area contributed by atoms with Gasteiger partial charge in [0.05, 0.1) is 11.0 Å². The normalized spacial score (nSPS) is 18.6. The topological polar surface area (TPSA) is 107 Å². The second-order valence-corrected chi connectivity index (χ2v) is 4.47. The summed E-state index contributed by atoms with van der Waals surface area (Å²) in [6.07, 6.45) is 5.14. The highest BCUT2D eigenvalue weighted by molar-refractivity contribution is 5.89. The zero-order valence-electron chi connectivity index (χ0n) is 10.3. The molecular formula is C11H15N3O5. The monoisotopic (exact) mass is 269 g/mol. The zero-order valence-corrected chi connectivity index (χ0v) is 10.3. The molecule has 0 radical (unpaired) electrons. The molecule has 0 bridgehead atoms. The Morgan fingerprint density at radius 2 is 2.47 bits per heavy atom. The van der Waals surface area contributed by atoms with Gasteiger partial charge in [-0.2, -0.15) is 5.10 Å². The van der Waals surface area contributed by atoms with Crippen molar-refractivity contribution in [2.24, 2.45) is 0 Å². The molecular weight excluding hydrogens is 254 g/mol. The average molecular weight is 269 g/mol. The van der Waals surface area contributed by atoms with Crippen LogP contribution in [0.25, 0.3) is 0 Å². The SMILES string of the molecule is O=C(O)c1nn(CCCC2CCCO2)cc1[N+](=O)[O-]. The lowest BCUT2D eigenvalue weighted by Gasteiger charge is -2.08. The van der Waals surface area contributed by atoms with Crippen molar-refractivity contribution in [2.75, 3.05) is 6.61 Å². The van der Waals surface area contributed by atoms with Gasteiger partial charge < -0.3 is 9.84 Å². The van der Waals surface area contributed by atoms with Crippen LogP contribution in [0.2, 0.25) is 0 Å². The molecule has 1 aromatic heterocycles. The summed E-state index contributed by atoms with van der Waals surface area (Å²) < 4.78 is 6.78. The number of carbonyl (C=O) groups is 1. The van der Waals surface area contributed by atoms with Gasteiger partial charge in [-0.3, -0.25) is 14.8 Å². The van der Waals surface area contributed by atoms with E-state index in [0.717, 1.165) is 32.3 Å². The number of hydrogen-bond acceptors (Lipinski definition) is 5. The summed E-state index contributed by atoms with van der Waals surface area (Å²) in [5, 5.41) is 23.2. The summed E-state index contributed by atoms with van der Waals surface area (Å²) in [7, 11) is 0. The minimum Gasteiger partial charge on any atom is -0.476 e. The maximum atomic E-state index is 10.8. The number of nitrogens with zero attached hydrogens (tertiary/aromatic N) is 3. The predicted molar refractivity (Wildman–Crippen MR) is 64.0 cm³/mol.